The molecule has 0 radical (unpaired) electrons. The highest BCUT2D eigenvalue weighted by Gasteiger charge is 2.28. The molecular formula is C20H31N7O7S2. The van der Waals surface area contributed by atoms with Crippen molar-refractivity contribution in [2.24, 2.45) is 11.5 Å². The van der Waals surface area contributed by atoms with Crippen LogP contribution < -0.4 is 32.7 Å². The Hall–Kier alpha value is -3.27. The summed E-state index contributed by atoms with van der Waals surface area (Å²) in [5.41, 5.74) is 10.1. The molecule has 1 aliphatic rings. The van der Waals surface area contributed by atoms with E-state index in [4.69, 9.17) is 11.5 Å². The van der Waals surface area contributed by atoms with Gasteiger partial charge in [0.05, 0.1) is 11.8 Å². The number of thiol groups is 1. The molecular weight excluding hydrogens is 514 g/mol. The van der Waals surface area contributed by atoms with Gasteiger partial charge >= 0.3 is 12.1 Å². The molecule has 0 aromatic heterocycles. The third-order valence-corrected chi connectivity index (χ3v) is 5.77. The van der Waals surface area contributed by atoms with E-state index in [0.717, 1.165) is 27.8 Å². The predicted octanol–water partition coefficient (Wildman–Crippen LogP) is -1.68. The van der Waals surface area contributed by atoms with Crippen molar-refractivity contribution in [3.05, 3.63) is 12.2 Å². The Kier molecular flexibility index (Phi) is 14.0. The molecule has 8 amide bonds. The number of ketones is 1. The fraction of sp³-hybridized carbons (Fsp3) is 0.550. The molecule has 0 aliphatic carbocycles. The Bertz CT molecular complexity index is 866. The van der Waals surface area contributed by atoms with Crippen LogP contribution in [0.3, 0.4) is 0 Å². The smallest absolute Gasteiger partial charge is 0.312 e. The zero-order chi connectivity index (χ0) is 27.1. The lowest BCUT2D eigenvalue weighted by atomic mass is 10.1. The van der Waals surface area contributed by atoms with E-state index in [-0.39, 0.29) is 56.9 Å². The van der Waals surface area contributed by atoms with Gasteiger partial charge in [0, 0.05) is 38.2 Å². The van der Waals surface area contributed by atoms with Crippen molar-refractivity contribution in [3.8, 4) is 0 Å². The number of rotatable bonds is 17. The third-order valence-electron chi connectivity index (χ3n) is 4.96. The van der Waals surface area contributed by atoms with Gasteiger partial charge in [0.2, 0.25) is 11.8 Å². The number of hydrogen-bond acceptors (Lipinski definition) is 9. The van der Waals surface area contributed by atoms with E-state index in [1.54, 1.807) is 0 Å². The summed E-state index contributed by atoms with van der Waals surface area (Å²) in [6, 6.07) is -3.43. The maximum Gasteiger partial charge on any atom is 0.312 e. The monoisotopic (exact) mass is 545 g/mol. The highest BCUT2D eigenvalue weighted by atomic mass is 33.1. The van der Waals surface area contributed by atoms with Crippen LogP contribution >= 0.6 is 22.5 Å². The molecule has 1 rings (SSSR count). The average Bonchev–Trinajstić information content (AvgIpc) is 3.13. The summed E-state index contributed by atoms with van der Waals surface area (Å²) in [5.74, 6) is -2.58. The zero-order valence-corrected chi connectivity index (χ0v) is 21.2. The van der Waals surface area contributed by atoms with E-state index in [1.165, 1.54) is 0 Å². The molecule has 1 aliphatic heterocycles. The summed E-state index contributed by atoms with van der Waals surface area (Å²) in [6.45, 7) is 0.181. The van der Waals surface area contributed by atoms with Crippen LogP contribution in [0.2, 0.25) is 0 Å². The van der Waals surface area contributed by atoms with Crippen molar-refractivity contribution in [3.63, 3.8) is 0 Å². The quantitative estimate of drug-likeness (QED) is 0.0482. The van der Waals surface area contributed by atoms with E-state index in [2.05, 4.69) is 32.9 Å². The molecule has 0 saturated heterocycles. The predicted molar refractivity (Wildman–Crippen MR) is 134 cm³/mol. The number of Topliss-reactive ketones (excluding diaryl/α,β-unsaturated/α-hetero) is 1. The van der Waals surface area contributed by atoms with Crippen molar-refractivity contribution in [2.75, 3.05) is 25.4 Å². The number of imide groups is 1. The molecule has 200 valence electrons. The van der Waals surface area contributed by atoms with E-state index in [9.17, 15) is 33.6 Å². The van der Waals surface area contributed by atoms with Gasteiger partial charge in [-0.25, -0.2) is 9.59 Å². The van der Waals surface area contributed by atoms with Gasteiger partial charge in [0.1, 0.15) is 6.04 Å². The van der Waals surface area contributed by atoms with Gasteiger partial charge in [-0.15, -0.1) is 11.7 Å². The maximum absolute atomic E-state index is 13.0. The summed E-state index contributed by atoms with van der Waals surface area (Å²) in [7, 11) is 0.984. The first-order chi connectivity index (χ1) is 17.0. The van der Waals surface area contributed by atoms with Crippen LogP contribution in [0.15, 0.2) is 12.2 Å². The Labute approximate surface area is 216 Å². The van der Waals surface area contributed by atoms with Gasteiger partial charge < -0.3 is 32.7 Å². The highest BCUT2D eigenvalue weighted by Crippen LogP contribution is 2.10. The maximum atomic E-state index is 13.0. The van der Waals surface area contributed by atoms with E-state index in [1.807, 2.05) is 0 Å². The van der Waals surface area contributed by atoms with Crippen molar-refractivity contribution in [2.45, 2.75) is 44.2 Å². The molecule has 36 heavy (non-hydrogen) atoms. The normalized spacial score (nSPS) is 14.2. The Morgan fingerprint density at radius 2 is 1.42 bits per heavy atom. The lowest BCUT2D eigenvalue weighted by molar-refractivity contribution is -0.137. The molecule has 14 nitrogen and oxygen atoms in total. The minimum atomic E-state index is -1.07. The lowest BCUT2D eigenvalue weighted by Gasteiger charge is -2.23. The number of nitrogens with two attached hydrogens (primary N) is 2. The second-order valence-electron chi connectivity index (χ2n) is 7.70. The number of carbonyl (C=O) groups excluding carboxylic acids is 7. The van der Waals surface area contributed by atoms with Crippen LogP contribution in [-0.2, 0) is 24.0 Å². The number of nitrogens with one attached hydrogen (secondary N) is 4. The van der Waals surface area contributed by atoms with Gasteiger partial charge in [0.15, 0.2) is 5.78 Å². The molecule has 0 fully saturated rings. The van der Waals surface area contributed by atoms with Gasteiger partial charge in [-0.2, -0.15) is 0 Å². The fourth-order valence-electron chi connectivity index (χ4n) is 3.19. The number of carbonyl (C=O) groups is 7. The third kappa shape index (κ3) is 11.9. The first-order valence-corrected chi connectivity index (χ1v) is 13.1. The van der Waals surface area contributed by atoms with Gasteiger partial charge in [-0.3, -0.25) is 28.9 Å². The zero-order valence-electron chi connectivity index (χ0n) is 19.5. The number of urea groups is 2. The number of nitrogens with zero attached hydrogens (tertiary/aromatic N) is 1. The summed E-state index contributed by atoms with van der Waals surface area (Å²) in [5, 5.41) is 9.95. The topological polar surface area (TPSA) is 223 Å². The second kappa shape index (κ2) is 16.4. The summed E-state index contributed by atoms with van der Waals surface area (Å²) in [4.78, 5) is 83.9. The van der Waals surface area contributed by atoms with Crippen LogP contribution in [0, 0.1) is 0 Å². The molecule has 0 aromatic carbocycles. The number of hydrogen-bond donors (Lipinski definition) is 7. The summed E-state index contributed by atoms with van der Waals surface area (Å²) >= 11 is 3.97. The number of primary amides is 2. The van der Waals surface area contributed by atoms with Gasteiger partial charge in [0.25, 0.3) is 11.8 Å². The molecule has 0 spiro atoms. The largest absolute Gasteiger partial charge is 0.352 e. The van der Waals surface area contributed by atoms with Crippen LogP contribution in [0.1, 0.15) is 32.1 Å². The van der Waals surface area contributed by atoms with Gasteiger partial charge in [-0.1, -0.05) is 10.8 Å². The summed E-state index contributed by atoms with van der Waals surface area (Å²) in [6.07, 6.45) is 2.90. The van der Waals surface area contributed by atoms with Crippen molar-refractivity contribution in [1.29, 1.82) is 0 Å². The van der Waals surface area contributed by atoms with Crippen molar-refractivity contribution in [1.82, 2.24) is 26.2 Å². The number of amides is 8. The Morgan fingerprint density at radius 1 is 0.889 bits per heavy atom. The van der Waals surface area contributed by atoms with Gasteiger partial charge in [-0.05, 0) is 25.7 Å². The van der Waals surface area contributed by atoms with E-state index >= 15 is 0 Å². The van der Waals surface area contributed by atoms with Crippen LogP contribution in [0.4, 0.5) is 9.59 Å². The molecule has 0 bridgehead atoms. The van der Waals surface area contributed by atoms with Crippen molar-refractivity contribution < 1.29 is 33.6 Å². The van der Waals surface area contributed by atoms with Crippen LogP contribution in [-0.4, -0.2) is 83.8 Å². The van der Waals surface area contributed by atoms with Crippen LogP contribution in [0.5, 0.6) is 0 Å². The molecule has 0 aromatic rings. The van der Waals surface area contributed by atoms with Crippen molar-refractivity contribution >= 4 is 63.9 Å². The Balaban J connectivity index is 2.79. The molecule has 2 atom stereocenters. The second-order valence-corrected chi connectivity index (χ2v) is 9.02. The van der Waals surface area contributed by atoms with Crippen LogP contribution in [0.25, 0.3) is 0 Å². The minimum Gasteiger partial charge on any atom is -0.352 e. The molecule has 0 unspecified atom stereocenters. The highest BCUT2D eigenvalue weighted by molar-refractivity contribution is 8.68. The fourth-order valence-corrected chi connectivity index (χ4v) is 3.90. The SMILES string of the molecule is NC(=O)NCCC[C@H](NC(=O)[C@H](CCCNC(N)=O)NC(=O)CCN1C(=O)C=CC1=O)C(=O)CSS. The first-order valence-electron chi connectivity index (χ1n) is 11.0. The lowest BCUT2D eigenvalue weighted by Crippen LogP contribution is -2.52. The summed E-state index contributed by atoms with van der Waals surface area (Å²) < 4.78 is 0. The first kappa shape index (κ1) is 30.8. The average molecular weight is 546 g/mol. The van der Waals surface area contributed by atoms with E-state index in [0.29, 0.717) is 6.42 Å². The molecule has 8 N–H and O–H groups in total. The van der Waals surface area contributed by atoms with E-state index < -0.39 is 47.8 Å². The molecule has 16 heteroatoms. The molecule has 1 heterocycles. The minimum absolute atomic E-state index is 0.0167. The standard InChI is InChI=1S/C20H31N7O7S2/c21-19(33)23-8-1-3-12(14(28)11-36-35)26-18(32)13(4-2-9-24-20(22)34)25-15(29)7-10-27-16(30)5-6-17(27)31/h5-6,12-13,35H,1-4,7-11H2,(H,25,29)(H,26,32)(H3,21,23,33)(H3,22,24,34)/t12-,13-/m0/s1. The molecule has 0 saturated carbocycles. The Morgan fingerprint density at radius 3 is 1.92 bits per heavy atom.